The molecule has 2 nitrogen and oxygen atoms in total. The summed E-state index contributed by atoms with van der Waals surface area (Å²) < 4.78 is 5.34. The average Bonchev–Trinajstić information content (AvgIpc) is 3.10. The van der Waals surface area contributed by atoms with E-state index >= 15 is 0 Å². The van der Waals surface area contributed by atoms with Crippen molar-refractivity contribution in [2.45, 2.75) is 13.3 Å². The zero-order chi connectivity index (χ0) is 13.1. The molecular weight excluding hydrogens is 224 g/mol. The molecule has 2 rings (SSSR count). The van der Waals surface area contributed by atoms with Crippen molar-refractivity contribution >= 4 is 5.78 Å². The molecule has 94 valence electrons. The number of carbonyl (C=O) groups excluding carboxylic acids is 1. The maximum Gasteiger partial charge on any atom is 0.163 e. The van der Waals surface area contributed by atoms with Crippen LogP contribution in [0.2, 0.25) is 0 Å². The van der Waals surface area contributed by atoms with Crippen molar-refractivity contribution in [2.24, 2.45) is 11.8 Å². The van der Waals surface area contributed by atoms with Crippen LogP contribution in [0, 0.1) is 11.8 Å². The summed E-state index contributed by atoms with van der Waals surface area (Å²) in [6.45, 7) is 9.27. The molecule has 0 radical (unpaired) electrons. The number of carbonyl (C=O) groups is 1. The number of hydrogen-bond donors (Lipinski definition) is 0. The Balaban J connectivity index is 2.14. The molecule has 0 saturated heterocycles. The number of ether oxygens (including phenoxy) is 1. The Hall–Kier alpha value is -1.83. The van der Waals surface area contributed by atoms with E-state index in [1.54, 1.807) is 6.08 Å². The van der Waals surface area contributed by atoms with Gasteiger partial charge in [-0.25, -0.2) is 0 Å². The van der Waals surface area contributed by atoms with Gasteiger partial charge in [-0.2, -0.15) is 0 Å². The predicted molar refractivity (Wildman–Crippen MR) is 72.9 cm³/mol. The fourth-order valence-electron chi connectivity index (χ4n) is 2.06. The Bertz CT molecular complexity index is 477. The summed E-state index contributed by atoms with van der Waals surface area (Å²) in [6, 6.07) is 0. The van der Waals surface area contributed by atoms with Gasteiger partial charge >= 0.3 is 0 Å². The summed E-state index contributed by atoms with van der Waals surface area (Å²) in [5, 5.41) is 0. The molecule has 0 bridgehead atoms. The minimum absolute atomic E-state index is 0.0312. The fraction of sp³-hybridized carbons (Fsp3) is 0.312. The maximum absolute atomic E-state index is 11.6. The third kappa shape index (κ3) is 2.89. The van der Waals surface area contributed by atoms with Gasteiger partial charge in [0.25, 0.3) is 0 Å². The third-order valence-electron chi connectivity index (χ3n) is 3.20. The molecule has 0 aliphatic heterocycles. The van der Waals surface area contributed by atoms with Crippen LogP contribution in [0.3, 0.4) is 0 Å². The SMILES string of the molecule is C=CCOC(=C)/C(=C\C1=CC2CC2C=C1)C(C)=O. The van der Waals surface area contributed by atoms with Crippen LogP contribution in [0.1, 0.15) is 13.3 Å². The second-order valence-electron chi connectivity index (χ2n) is 4.73. The highest BCUT2D eigenvalue weighted by molar-refractivity contribution is 5.97. The van der Waals surface area contributed by atoms with E-state index in [0.717, 1.165) is 11.5 Å². The van der Waals surface area contributed by atoms with Crippen molar-refractivity contribution in [3.05, 3.63) is 60.4 Å². The topological polar surface area (TPSA) is 26.3 Å². The number of allylic oxidation sites excluding steroid dienone is 6. The molecule has 0 heterocycles. The summed E-state index contributed by atoms with van der Waals surface area (Å²) in [6.07, 6.45) is 11.2. The molecule has 1 fully saturated rings. The molecule has 0 aromatic heterocycles. The Morgan fingerprint density at radius 3 is 2.94 bits per heavy atom. The van der Waals surface area contributed by atoms with Crippen molar-refractivity contribution in [1.82, 2.24) is 0 Å². The molecular formula is C16H18O2. The lowest BCUT2D eigenvalue weighted by Gasteiger charge is -2.10. The first-order chi connectivity index (χ1) is 8.61. The zero-order valence-electron chi connectivity index (χ0n) is 10.7. The van der Waals surface area contributed by atoms with Crippen molar-refractivity contribution < 1.29 is 9.53 Å². The number of rotatable bonds is 6. The molecule has 1 saturated carbocycles. The Morgan fingerprint density at radius 1 is 1.56 bits per heavy atom. The van der Waals surface area contributed by atoms with E-state index in [4.69, 9.17) is 4.74 Å². The van der Waals surface area contributed by atoms with Gasteiger partial charge in [0, 0.05) is 0 Å². The summed E-state index contributed by atoms with van der Waals surface area (Å²) in [4.78, 5) is 11.6. The Morgan fingerprint density at radius 2 is 2.33 bits per heavy atom. The normalized spacial score (nSPS) is 24.9. The lowest BCUT2D eigenvalue weighted by Crippen LogP contribution is -2.04. The van der Waals surface area contributed by atoms with Crippen LogP contribution in [-0.2, 0) is 9.53 Å². The van der Waals surface area contributed by atoms with Crippen LogP contribution in [-0.4, -0.2) is 12.4 Å². The molecule has 2 heteroatoms. The van der Waals surface area contributed by atoms with E-state index in [9.17, 15) is 4.79 Å². The van der Waals surface area contributed by atoms with Gasteiger partial charge in [-0.05, 0) is 36.8 Å². The molecule has 0 aromatic rings. The van der Waals surface area contributed by atoms with E-state index in [0.29, 0.717) is 23.9 Å². The highest BCUT2D eigenvalue weighted by Crippen LogP contribution is 2.44. The lowest BCUT2D eigenvalue weighted by atomic mass is 10.0. The number of Topliss-reactive ketones (excluding diaryl/α,β-unsaturated/α-hetero) is 1. The maximum atomic E-state index is 11.6. The van der Waals surface area contributed by atoms with Crippen molar-refractivity contribution in [3.63, 3.8) is 0 Å². The third-order valence-corrected chi connectivity index (χ3v) is 3.20. The molecule has 0 spiro atoms. The largest absolute Gasteiger partial charge is 0.489 e. The molecule has 2 aliphatic carbocycles. The van der Waals surface area contributed by atoms with Crippen LogP contribution in [0.25, 0.3) is 0 Å². The number of hydrogen-bond acceptors (Lipinski definition) is 2. The van der Waals surface area contributed by atoms with E-state index < -0.39 is 0 Å². The molecule has 0 aromatic carbocycles. The highest BCUT2D eigenvalue weighted by Gasteiger charge is 2.34. The Labute approximate surface area is 108 Å². The van der Waals surface area contributed by atoms with Crippen molar-refractivity contribution in [2.75, 3.05) is 6.61 Å². The summed E-state index contributed by atoms with van der Waals surface area (Å²) in [7, 11) is 0. The average molecular weight is 242 g/mol. The van der Waals surface area contributed by atoms with Gasteiger partial charge in [0.05, 0.1) is 5.57 Å². The first-order valence-corrected chi connectivity index (χ1v) is 6.17. The Kier molecular flexibility index (Phi) is 3.66. The first-order valence-electron chi connectivity index (χ1n) is 6.17. The van der Waals surface area contributed by atoms with Crippen molar-refractivity contribution in [1.29, 1.82) is 0 Å². The predicted octanol–water partition coefficient (Wildman–Crippen LogP) is 3.35. The quantitative estimate of drug-likeness (QED) is 0.309. The fourth-order valence-corrected chi connectivity index (χ4v) is 2.06. The van der Waals surface area contributed by atoms with Crippen LogP contribution in [0.5, 0.6) is 0 Å². The van der Waals surface area contributed by atoms with Gasteiger partial charge in [0.15, 0.2) is 5.78 Å². The van der Waals surface area contributed by atoms with Crippen LogP contribution < -0.4 is 0 Å². The highest BCUT2D eigenvalue weighted by atomic mass is 16.5. The second kappa shape index (κ2) is 5.21. The van der Waals surface area contributed by atoms with Crippen molar-refractivity contribution in [3.8, 4) is 0 Å². The smallest absolute Gasteiger partial charge is 0.163 e. The van der Waals surface area contributed by atoms with Gasteiger partial charge < -0.3 is 4.74 Å². The standard InChI is InChI=1S/C16H18O2/c1-4-7-18-12(3)16(11(2)17)9-13-5-6-14-10-15(14)8-13/h4-6,8-9,14-15H,1,3,7,10H2,2H3/b16-9-. The van der Waals surface area contributed by atoms with Gasteiger partial charge in [0.1, 0.15) is 12.4 Å². The summed E-state index contributed by atoms with van der Waals surface area (Å²) in [5.41, 5.74) is 1.61. The minimum atomic E-state index is -0.0312. The lowest BCUT2D eigenvalue weighted by molar-refractivity contribution is -0.113. The molecule has 0 N–H and O–H groups in total. The van der Waals surface area contributed by atoms with Gasteiger partial charge in [-0.1, -0.05) is 37.5 Å². The van der Waals surface area contributed by atoms with Gasteiger partial charge in [-0.3, -0.25) is 4.79 Å². The second-order valence-corrected chi connectivity index (χ2v) is 4.73. The molecule has 2 aliphatic rings. The zero-order valence-corrected chi connectivity index (χ0v) is 10.7. The molecule has 2 atom stereocenters. The van der Waals surface area contributed by atoms with Crippen LogP contribution in [0.4, 0.5) is 0 Å². The van der Waals surface area contributed by atoms with E-state index in [1.807, 2.05) is 6.08 Å². The minimum Gasteiger partial charge on any atom is -0.489 e. The molecule has 18 heavy (non-hydrogen) atoms. The van der Waals surface area contributed by atoms with E-state index in [1.165, 1.54) is 13.3 Å². The van der Waals surface area contributed by atoms with Crippen LogP contribution in [0.15, 0.2) is 60.4 Å². The van der Waals surface area contributed by atoms with E-state index in [-0.39, 0.29) is 5.78 Å². The number of fused-ring (bicyclic) bond motifs is 1. The molecule has 2 unspecified atom stereocenters. The first kappa shape index (κ1) is 12.6. The van der Waals surface area contributed by atoms with Crippen LogP contribution >= 0.6 is 0 Å². The van der Waals surface area contributed by atoms with Gasteiger partial charge in [0.2, 0.25) is 0 Å². The monoisotopic (exact) mass is 242 g/mol. The summed E-state index contributed by atoms with van der Waals surface area (Å²) in [5.74, 6) is 1.77. The van der Waals surface area contributed by atoms with Gasteiger partial charge in [-0.15, -0.1) is 0 Å². The summed E-state index contributed by atoms with van der Waals surface area (Å²) >= 11 is 0. The number of ketones is 1. The van der Waals surface area contributed by atoms with E-state index in [2.05, 4.69) is 31.4 Å². The molecule has 0 amide bonds.